The highest BCUT2D eigenvalue weighted by Gasteiger charge is 2.46. The summed E-state index contributed by atoms with van der Waals surface area (Å²) in [6, 6.07) is 0. The molecular formula is C10H15NO2. The van der Waals surface area contributed by atoms with E-state index < -0.39 is 11.5 Å². The molecule has 0 heterocycles. The van der Waals surface area contributed by atoms with Gasteiger partial charge < -0.3 is 5.11 Å². The third-order valence-corrected chi connectivity index (χ3v) is 2.94. The molecule has 72 valence electrons. The summed E-state index contributed by atoms with van der Waals surface area (Å²) >= 11 is 0. The van der Waals surface area contributed by atoms with Crippen molar-refractivity contribution in [1.82, 2.24) is 5.32 Å². The van der Waals surface area contributed by atoms with Crippen LogP contribution < -0.4 is 5.32 Å². The normalized spacial score (nSPS) is 32.8. The van der Waals surface area contributed by atoms with Gasteiger partial charge in [-0.25, -0.2) is 0 Å². The maximum Gasteiger partial charge on any atom is 0.324 e. The Morgan fingerprint density at radius 1 is 1.85 bits per heavy atom. The molecular weight excluding hydrogens is 166 g/mol. The molecule has 1 saturated carbocycles. The van der Waals surface area contributed by atoms with Crippen LogP contribution in [-0.2, 0) is 4.79 Å². The van der Waals surface area contributed by atoms with E-state index in [0.717, 1.165) is 12.8 Å². The fourth-order valence-corrected chi connectivity index (χ4v) is 2.04. The standard InChI is InChI=1S/C10H15NO2/c1-3-7-11-10(9(12)13)6-4-5-8(10)2/h1,8,11H,4-7H2,2H3,(H,12,13). The summed E-state index contributed by atoms with van der Waals surface area (Å²) in [5, 5.41) is 12.1. The van der Waals surface area contributed by atoms with Gasteiger partial charge in [0.25, 0.3) is 0 Å². The molecule has 0 aliphatic heterocycles. The van der Waals surface area contributed by atoms with Gasteiger partial charge in [-0.3, -0.25) is 10.1 Å². The minimum atomic E-state index is -0.771. The summed E-state index contributed by atoms with van der Waals surface area (Å²) in [5.41, 5.74) is -0.771. The molecule has 13 heavy (non-hydrogen) atoms. The molecule has 1 aliphatic carbocycles. The molecule has 0 radical (unpaired) electrons. The van der Waals surface area contributed by atoms with E-state index >= 15 is 0 Å². The maximum atomic E-state index is 11.1. The predicted octanol–water partition coefficient (Wildman–Crippen LogP) is 0.853. The van der Waals surface area contributed by atoms with Crippen LogP contribution in [0, 0.1) is 18.3 Å². The first-order valence-electron chi connectivity index (χ1n) is 4.55. The highest BCUT2D eigenvalue weighted by Crippen LogP contribution is 2.35. The Kier molecular flexibility index (Phi) is 2.94. The molecule has 0 spiro atoms. The molecule has 1 fully saturated rings. The van der Waals surface area contributed by atoms with Gasteiger partial charge in [0.15, 0.2) is 0 Å². The highest BCUT2D eigenvalue weighted by molar-refractivity contribution is 5.79. The number of rotatable bonds is 3. The van der Waals surface area contributed by atoms with E-state index in [2.05, 4.69) is 11.2 Å². The smallest absolute Gasteiger partial charge is 0.324 e. The van der Waals surface area contributed by atoms with Crippen molar-refractivity contribution < 1.29 is 9.90 Å². The topological polar surface area (TPSA) is 49.3 Å². The average Bonchev–Trinajstić information content (AvgIpc) is 2.45. The van der Waals surface area contributed by atoms with E-state index in [1.807, 2.05) is 6.92 Å². The summed E-state index contributed by atoms with van der Waals surface area (Å²) in [5.74, 6) is 1.81. The van der Waals surface area contributed by atoms with Gasteiger partial charge in [0, 0.05) is 0 Å². The molecule has 0 bridgehead atoms. The van der Waals surface area contributed by atoms with Gasteiger partial charge >= 0.3 is 5.97 Å². The van der Waals surface area contributed by atoms with Gasteiger partial charge in [0.1, 0.15) is 5.54 Å². The molecule has 3 nitrogen and oxygen atoms in total. The van der Waals surface area contributed by atoms with Gasteiger partial charge in [-0.2, -0.15) is 0 Å². The fraction of sp³-hybridized carbons (Fsp3) is 0.700. The molecule has 2 unspecified atom stereocenters. The van der Waals surface area contributed by atoms with Crippen molar-refractivity contribution in [3.05, 3.63) is 0 Å². The lowest BCUT2D eigenvalue weighted by Gasteiger charge is -2.29. The monoisotopic (exact) mass is 181 g/mol. The zero-order valence-corrected chi connectivity index (χ0v) is 7.84. The fourth-order valence-electron chi connectivity index (χ4n) is 2.04. The summed E-state index contributed by atoms with van der Waals surface area (Å²) in [4.78, 5) is 11.1. The van der Waals surface area contributed by atoms with Gasteiger partial charge in [-0.1, -0.05) is 19.3 Å². The van der Waals surface area contributed by atoms with Crippen LogP contribution in [0.4, 0.5) is 0 Å². The number of hydrogen-bond donors (Lipinski definition) is 2. The number of carboxylic acid groups (broad SMARTS) is 1. The molecule has 3 heteroatoms. The van der Waals surface area contributed by atoms with Crippen molar-refractivity contribution in [1.29, 1.82) is 0 Å². The third-order valence-electron chi connectivity index (χ3n) is 2.94. The van der Waals surface area contributed by atoms with Gasteiger partial charge in [0.05, 0.1) is 6.54 Å². The Bertz CT molecular complexity index is 244. The largest absolute Gasteiger partial charge is 0.480 e. The van der Waals surface area contributed by atoms with Crippen LogP contribution in [-0.4, -0.2) is 23.2 Å². The first kappa shape index (κ1) is 10.1. The zero-order valence-electron chi connectivity index (χ0n) is 7.84. The van der Waals surface area contributed by atoms with Gasteiger partial charge in [0.2, 0.25) is 0 Å². The van der Waals surface area contributed by atoms with Crippen LogP contribution in [0.3, 0.4) is 0 Å². The van der Waals surface area contributed by atoms with Crippen LogP contribution in [0.5, 0.6) is 0 Å². The van der Waals surface area contributed by atoms with E-state index in [0.29, 0.717) is 13.0 Å². The van der Waals surface area contributed by atoms with Gasteiger partial charge in [-0.15, -0.1) is 6.42 Å². The minimum absolute atomic E-state index is 0.165. The van der Waals surface area contributed by atoms with Crippen LogP contribution in [0.1, 0.15) is 26.2 Å². The van der Waals surface area contributed by atoms with Crippen LogP contribution >= 0.6 is 0 Å². The molecule has 1 rings (SSSR count). The molecule has 0 amide bonds. The van der Waals surface area contributed by atoms with Crippen LogP contribution in [0.2, 0.25) is 0 Å². The van der Waals surface area contributed by atoms with Crippen LogP contribution in [0.25, 0.3) is 0 Å². The Labute approximate surface area is 78.5 Å². The first-order valence-corrected chi connectivity index (χ1v) is 4.55. The molecule has 0 aromatic carbocycles. The van der Waals surface area contributed by atoms with Crippen molar-refractivity contribution in [2.45, 2.75) is 31.7 Å². The molecule has 0 aromatic heterocycles. The SMILES string of the molecule is C#CCNC1(C(=O)O)CCCC1C. The van der Waals surface area contributed by atoms with Crippen molar-refractivity contribution >= 4 is 5.97 Å². The summed E-state index contributed by atoms with van der Waals surface area (Å²) in [6.07, 6.45) is 7.72. The second-order valence-corrected chi connectivity index (χ2v) is 3.63. The number of nitrogens with one attached hydrogen (secondary N) is 1. The van der Waals surface area contributed by atoms with E-state index in [1.165, 1.54) is 0 Å². The maximum absolute atomic E-state index is 11.1. The Balaban J connectivity index is 2.76. The van der Waals surface area contributed by atoms with E-state index in [9.17, 15) is 4.79 Å². The van der Waals surface area contributed by atoms with Crippen molar-refractivity contribution in [2.75, 3.05) is 6.54 Å². The molecule has 2 N–H and O–H groups in total. The Hall–Kier alpha value is -1.01. The summed E-state index contributed by atoms with van der Waals surface area (Å²) in [7, 11) is 0. The average molecular weight is 181 g/mol. The first-order chi connectivity index (χ1) is 6.13. The lowest BCUT2D eigenvalue weighted by molar-refractivity contribution is -0.146. The molecule has 1 aliphatic rings. The minimum Gasteiger partial charge on any atom is -0.480 e. The number of carbonyl (C=O) groups is 1. The van der Waals surface area contributed by atoms with E-state index in [4.69, 9.17) is 11.5 Å². The lowest BCUT2D eigenvalue weighted by Crippen LogP contribution is -2.54. The van der Waals surface area contributed by atoms with Gasteiger partial charge in [-0.05, 0) is 18.8 Å². The van der Waals surface area contributed by atoms with Crippen molar-refractivity contribution in [3.63, 3.8) is 0 Å². The van der Waals surface area contributed by atoms with Crippen molar-refractivity contribution in [2.24, 2.45) is 5.92 Å². The number of hydrogen-bond acceptors (Lipinski definition) is 2. The van der Waals surface area contributed by atoms with Crippen LogP contribution in [0.15, 0.2) is 0 Å². The third kappa shape index (κ3) is 1.68. The quantitative estimate of drug-likeness (QED) is 0.635. The lowest BCUT2D eigenvalue weighted by atomic mass is 9.88. The molecule has 0 aromatic rings. The van der Waals surface area contributed by atoms with E-state index in [-0.39, 0.29) is 5.92 Å². The number of aliphatic carboxylic acids is 1. The predicted molar refractivity (Wildman–Crippen MR) is 50.2 cm³/mol. The second-order valence-electron chi connectivity index (χ2n) is 3.63. The number of terminal acetylenes is 1. The number of carboxylic acids is 1. The zero-order chi connectivity index (χ0) is 9.90. The van der Waals surface area contributed by atoms with E-state index in [1.54, 1.807) is 0 Å². The Morgan fingerprint density at radius 2 is 2.54 bits per heavy atom. The molecule has 0 saturated heterocycles. The highest BCUT2D eigenvalue weighted by atomic mass is 16.4. The summed E-state index contributed by atoms with van der Waals surface area (Å²) in [6.45, 7) is 2.29. The van der Waals surface area contributed by atoms with Crippen molar-refractivity contribution in [3.8, 4) is 12.3 Å². The molecule has 2 atom stereocenters. The second kappa shape index (κ2) is 3.80. The summed E-state index contributed by atoms with van der Waals surface area (Å²) < 4.78 is 0. The Morgan fingerprint density at radius 3 is 2.92 bits per heavy atom.